The van der Waals surface area contributed by atoms with E-state index < -0.39 is 0 Å². The van der Waals surface area contributed by atoms with Gasteiger partial charge in [-0.15, -0.1) is 0 Å². The first-order valence-corrected chi connectivity index (χ1v) is 12.2. The maximum absolute atomic E-state index is 13.3. The standard InChI is InChI=1S/C29H40N2O3/c1-28(2,3)23-16-22(17-24(26(23)33)29(4,5)6)25(32)18-31-14-12-21(27(31)30)13-15-34-19-20-10-8-7-9-11-20/h7-11,16-17,21,30,33H,12-15,18-19H2,1-6H3. The van der Waals surface area contributed by atoms with E-state index in [0.717, 1.165) is 29.5 Å². The normalized spacial score (nSPS) is 16.8. The second kappa shape index (κ2) is 10.3. The van der Waals surface area contributed by atoms with Crippen LogP contribution in [-0.2, 0) is 22.2 Å². The van der Waals surface area contributed by atoms with Crippen molar-refractivity contribution >= 4 is 11.6 Å². The lowest BCUT2D eigenvalue weighted by Gasteiger charge is -2.28. The van der Waals surface area contributed by atoms with Gasteiger partial charge in [-0.2, -0.15) is 0 Å². The van der Waals surface area contributed by atoms with Gasteiger partial charge in [-0.1, -0.05) is 71.9 Å². The number of phenolic OH excluding ortho intramolecular Hbond substituents is 1. The van der Waals surface area contributed by atoms with E-state index >= 15 is 0 Å². The van der Waals surface area contributed by atoms with Crippen molar-refractivity contribution in [1.82, 2.24) is 4.90 Å². The molecule has 0 aromatic heterocycles. The van der Waals surface area contributed by atoms with E-state index in [1.807, 2.05) is 88.9 Å². The summed E-state index contributed by atoms with van der Waals surface area (Å²) < 4.78 is 5.81. The van der Waals surface area contributed by atoms with Crippen LogP contribution in [0, 0.1) is 11.3 Å². The van der Waals surface area contributed by atoms with Crippen LogP contribution in [0.15, 0.2) is 42.5 Å². The summed E-state index contributed by atoms with van der Waals surface area (Å²) in [5, 5.41) is 19.5. The van der Waals surface area contributed by atoms with Gasteiger partial charge in [-0.3, -0.25) is 10.2 Å². The molecule has 0 saturated carbocycles. The molecule has 0 radical (unpaired) electrons. The van der Waals surface area contributed by atoms with Gasteiger partial charge >= 0.3 is 0 Å². The highest BCUT2D eigenvalue weighted by atomic mass is 16.5. The number of carbonyl (C=O) groups is 1. The summed E-state index contributed by atoms with van der Waals surface area (Å²) in [4.78, 5) is 15.2. The van der Waals surface area contributed by atoms with Crippen molar-refractivity contribution in [3.63, 3.8) is 0 Å². The number of nitrogens with one attached hydrogen (secondary N) is 1. The predicted molar refractivity (Wildman–Crippen MR) is 138 cm³/mol. The van der Waals surface area contributed by atoms with Crippen molar-refractivity contribution in [2.45, 2.75) is 71.8 Å². The Bertz CT molecular complexity index is 981. The largest absolute Gasteiger partial charge is 0.507 e. The van der Waals surface area contributed by atoms with Crippen LogP contribution in [0.25, 0.3) is 0 Å². The smallest absolute Gasteiger partial charge is 0.182 e. The Morgan fingerprint density at radius 2 is 1.65 bits per heavy atom. The van der Waals surface area contributed by atoms with E-state index in [9.17, 15) is 9.90 Å². The quantitative estimate of drug-likeness (QED) is 0.367. The van der Waals surface area contributed by atoms with Crippen LogP contribution >= 0.6 is 0 Å². The molecule has 0 spiro atoms. The molecule has 5 nitrogen and oxygen atoms in total. The first-order valence-electron chi connectivity index (χ1n) is 12.2. The fourth-order valence-electron chi connectivity index (χ4n) is 4.47. The molecule has 5 heteroatoms. The fraction of sp³-hybridized carbons (Fsp3) is 0.517. The van der Waals surface area contributed by atoms with Crippen molar-refractivity contribution < 1.29 is 14.6 Å². The van der Waals surface area contributed by atoms with E-state index in [1.165, 1.54) is 0 Å². The summed E-state index contributed by atoms with van der Waals surface area (Å²) in [6.07, 6.45) is 1.66. The number of carbonyl (C=O) groups excluding carboxylic acids is 1. The SMILES string of the molecule is CC(C)(C)c1cc(C(=O)CN2CCC(CCOCc3ccccc3)C2=N)cc(C(C)(C)C)c1O. The number of benzene rings is 2. The van der Waals surface area contributed by atoms with Crippen molar-refractivity contribution in [1.29, 1.82) is 5.41 Å². The molecular weight excluding hydrogens is 424 g/mol. The highest BCUT2D eigenvalue weighted by molar-refractivity contribution is 6.00. The van der Waals surface area contributed by atoms with Crippen LogP contribution in [0.3, 0.4) is 0 Å². The number of nitrogens with zero attached hydrogens (tertiary/aromatic N) is 1. The zero-order valence-electron chi connectivity index (χ0n) is 21.6. The molecule has 3 rings (SSSR count). The minimum absolute atomic E-state index is 0.0123. The van der Waals surface area contributed by atoms with Crippen molar-refractivity contribution in [3.8, 4) is 5.75 Å². The first-order chi connectivity index (χ1) is 15.9. The molecule has 1 unspecified atom stereocenters. The molecule has 34 heavy (non-hydrogen) atoms. The molecule has 1 saturated heterocycles. The number of amidine groups is 1. The third kappa shape index (κ3) is 6.26. The van der Waals surface area contributed by atoms with E-state index in [0.29, 0.717) is 31.2 Å². The van der Waals surface area contributed by atoms with E-state index in [1.54, 1.807) is 0 Å². The zero-order valence-corrected chi connectivity index (χ0v) is 21.6. The van der Waals surface area contributed by atoms with Crippen LogP contribution in [0.4, 0.5) is 0 Å². The lowest BCUT2D eigenvalue weighted by molar-refractivity contribution is 0.0965. The highest BCUT2D eigenvalue weighted by Crippen LogP contribution is 2.40. The maximum atomic E-state index is 13.3. The second-order valence-corrected chi connectivity index (χ2v) is 11.5. The van der Waals surface area contributed by atoms with Gasteiger partial charge in [0.2, 0.25) is 0 Å². The molecule has 0 aliphatic carbocycles. The summed E-state index contributed by atoms with van der Waals surface area (Å²) in [6.45, 7) is 14.4. The summed E-state index contributed by atoms with van der Waals surface area (Å²) in [5.41, 5.74) is 2.75. The van der Waals surface area contributed by atoms with Crippen LogP contribution in [0.1, 0.15) is 81.4 Å². The molecule has 0 bridgehead atoms. The van der Waals surface area contributed by atoms with E-state index in [4.69, 9.17) is 10.1 Å². The minimum atomic E-state index is -0.286. The molecule has 2 aromatic carbocycles. The highest BCUT2D eigenvalue weighted by Gasteiger charge is 2.31. The fourth-order valence-corrected chi connectivity index (χ4v) is 4.47. The third-order valence-electron chi connectivity index (χ3n) is 6.58. The number of Topliss-reactive ketones (excluding diaryl/α,β-unsaturated/α-hetero) is 1. The maximum Gasteiger partial charge on any atom is 0.182 e. The predicted octanol–water partition coefficient (Wildman–Crippen LogP) is 6.08. The molecule has 1 aliphatic heterocycles. The van der Waals surface area contributed by atoms with Gasteiger partial charge in [-0.25, -0.2) is 0 Å². The summed E-state index contributed by atoms with van der Waals surface area (Å²) >= 11 is 0. The molecule has 2 N–H and O–H groups in total. The Morgan fingerprint density at radius 1 is 1.06 bits per heavy atom. The Kier molecular flexibility index (Phi) is 7.87. The van der Waals surface area contributed by atoms with E-state index in [-0.39, 0.29) is 34.8 Å². The summed E-state index contributed by atoms with van der Waals surface area (Å²) in [7, 11) is 0. The Labute approximate surface area is 204 Å². The number of hydrogen-bond donors (Lipinski definition) is 2. The van der Waals surface area contributed by atoms with Crippen molar-refractivity contribution in [2.75, 3.05) is 19.7 Å². The van der Waals surface area contributed by atoms with Crippen LogP contribution in [0.5, 0.6) is 5.75 Å². The summed E-state index contributed by atoms with van der Waals surface area (Å²) in [5.74, 6) is 0.920. The summed E-state index contributed by atoms with van der Waals surface area (Å²) in [6, 6.07) is 13.8. The number of ketones is 1. The lowest BCUT2D eigenvalue weighted by atomic mass is 9.78. The number of hydrogen-bond acceptors (Lipinski definition) is 4. The Balaban J connectivity index is 1.63. The molecule has 1 aliphatic rings. The van der Waals surface area contributed by atoms with Gasteiger partial charge < -0.3 is 14.7 Å². The molecule has 2 aromatic rings. The average molecular weight is 465 g/mol. The van der Waals surface area contributed by atoms with Gasteiger partial charge in [0.1, 0.15) is 5.75 Å². The van der Waals surface area contributed by atoms with Crippen molar-refractivity contribution in [2.24, 2.45) is 5.92 Å². The van der Waals surface area contributed by atoms with Gasteiger partial charge in [0.25, 0.3) is 0 Å². The Morgan fingerprint density at radius 3 is 2.21 bits per heavy atom. The monoisotopic (exact) mass is 464 g/mol. The van der Waals surface area contributed by atoms with Gasteiger partial charge in [0.15, 0.2) is 5.78 Å². The van der Waals surface area contributed by atoms with Crippen molar-refractivity contribution in [3.05, 3.63) is 64.7 Å². The molecule has 1 heterocycles. The van der Waals surface area contributed by atoms with Crippen LogP contribution in [0.2, 0.25) is 0 Å². The Hall–Kier alpha value is -2.66. The average Bonchev–Trinajstić information content (AvgIpc) is 3.09. The van der Waals surface area contributed by atoms with Crippen LogP contribution in [-0.4, -0.2) is 41.3 Å². The number of ether oxygens (including phenoxy) is 1. The number of phenols is 1. The third-order valence-corrected chi connectivity index (χ3v) is 6.58. The topological polar surface area (TPSA) is 73.6 Å². The number of rotatable bonds is 8. The molecule has 0 amide bonds. The number of aromatic hydroxyl groups is 1. The zero-order chi connectivity index (χ0) is 25.1. The minimum Gasteiger partial charge on any atom is -0.507 e. The molecular formula is C29H40N2O3. The van der Waals surface area contributed by atoms with Gasteiger partial charge in [-0.05, 0) is 41.4 Å². The van der Waals surface area contributed by atoms with Gasteiger partial charge in [0, 0.05) is 35.8 Å². The van der Waals surface area contributed by atoms with Gasteiger partial charge in [0.05, 0.1) is 19.0 Å². The second-order valence-electron chi connectivity index (χ2n) is 11.5. The number of likely N-dealkylation sites (tertiary alicyclic amines) is 1. The lowest BCUT2D eigenvalue weighted by Crippen LogP contribution is -2.33. The first kappa shape index (κ1) is 26.0. The molecule has 184 valence electrons. The molecule has 1 atom stereocenters. The van der Waals surface area contributed by atoms with E-state index in [2.05, 4.69) is 0 Å². The molecule has 1 fully saturated rings. The van der Waals surface area contributed by atoms with Crippen LogP contribution < -0.4 is 0 Å².